The Hall–Kier alpha value is -2.59. The zero-order chi connectivity index (χ0) is 23.0. The molecule has 2 aliphatic rings. The molecule has 32 heavy (non-hydrogen) atoms. The van der Waals surface area contributed by atoms with Crippen LogP contribution in [0.3, 0.4) is 0 Å². The van der Waals surface area contributed by atoms with Crippen LogP contribution in [0.1, 0.15) is 68.3 Å². The standard InChI is InChI=1S/C22H26F2N4O3S/c1-22(2,3)21(29)31-28-6-4-12(5-7-28)20-26-17(11-32-20)16-10-18(30-27-16)19-14(23)8-13(25)9-15(19)24/h8-9,11-12,18H,4-7,10,25H2,1-3H3. The van der Waals surface area contributed by atoms with Gasteiger partial charge in [-0.2, -0.15) is 0 Å². The number of aromatic nitrogens is 1. The van der Waals surface area contributed by atoms with Gasteiger partial charge in [0.25, 0.3) is 0 Å². The number of nitrogens with two attached hydrogens (primary N) is 1. The largest absolute Gasteiger partial charge is 0.399 e. The molecule has 0 saturated carbocycles. The zero-order valence-corrected chi connectivity index (χ0v) is 19.0. The van der Waals surface area contributed by atoms with Crippen LogP contribution in [-0.4, -0.2) is 34.8 Å². The van der Waals surface area contributed by atoms with Crippen molar-refractivity contribution in [3.05, 3.63) is 45.4 Å². The summed E-state index contributed by atoms with van der Waals surface area (Å²) in [5, 5.41) is 8.60. The number of rotatable bonds is 4. The first-order valence-corrected chi connectivity index (χ1v) is 11.4. The molecule has 1 aromatic heterocycles. The highest BCUT2D eigenvalue weighted by atomic mass is 32.1. The van der Waals surface area contributed by atoms with Gasteiger partial charge in [-0.3, -0.25) is 0 Å². The Morgan fingerprint density at radius 3 is 2.53 bits per heavy atom. The minimum Gasteiger partial charge on any atom is -0.399 e. The minimum absolute atomic E-state index is 0.0197. The van der Waals surface area contributed by atoms with Gasteiger partial charge in [0, 0.05) is 36.5 Å². The van der Waals surface area contributed by atoms with Crippen LogP contribution in [0.5, 0.6) is 0 Å². The molecule has 0 radical (unpaired) electrons. The summed E-state index contributed by atoms with van der Waals surface area (Å²) in [5.74, 6) is -1.48. The van der Waals surface area contributed by atoms with E-state index in [0.29, 0.717) is 24.5 Å². The van der Waals surface area contributed by atoms with Crippen LogP contribution in [0.4, 0.5) is 14.5 Å². The van der Waals surface area contributed by atoms with Crippen molar-refractivity contribution in [2.24, 2.45) is 10.6 Å². The van der Waals surface area contributed by atoms with Gasteiger partial charge in [-0.05, 0) is 45.7 Å². The predicted octanol–water partition coefficient (Wildman–Crippen LogP) is 4.55. The number of anilines is 1. The van der Waals surface area contributed by atoms with E-state index in [1.54, 1.807) is 5.06 Å². The van der Waals surface area contributed by atoms with Gasteiger partial charge in [0.05, 0.1) is 21.7 Å². The molecule has 0 bridgehead atoms. The summed E-state index contributed by atoms with van der Waals surface area (Å²) in [6.45, 7) is 6.77. The third-order valence-electron chi connectivity index (χ3n) is 5.54. The lowest BCUT2D eigenvalue weighted by molar-refractivity contribution is -0.204. The van der Waals surface area contributed by atoms with Crippen LogP contribution < -0.4 is 5.73 Å². The van der Waals surface area contributed by atoms with Crippen molar-refractivity contribution in [2.75, 3.05) is 18.8 Å². The second-order valence-corrected chi connectivity index (χ2v) is 10.0. The molecule has 2 aliphatic heterocycles. The average molecular weight is 465 g/mol. The molecule has 1 saturated heterocycles. The van der Waals surface area contributed by atoms with E-state index in [4.69, 9.17) is 20.4 Å². The van der Waals surface area contributed by atoms with Gasteiger partial charge in [0.2, 0.25) is 0 Å². The monoisotopic (exact) mass is 464 g/mol. The third kappa shape index (κ3) is 4.75. The Morgan fingerprint density at radius 1 is 1.25 bits per heavy atom. The van der Waals surface area contributed by atoms with Gasteiger partial charge in [0.1, 0.15) is 17.3 Å². The Labute approximate surface area is 189 Å². The number of thiazole rings is 1. The zero-order valence-electron chi connectivity index (χ0n) is 18.2. The van der Waals surface area contributed by atoms with E-state index in [1.807, 2.05) is 26.2 Å². The van der Waals surface area contributed by atoms with E-state index in [9.17, 15) is 13.6 Å². The molecule has 0 amide bonds. The highest BCUT2D eigenvalue weighted by molar-refractivity contribution is 7.10. The van der Waals surface area contributed by atoms with Crippen molar-refractivity contribution < 1.29 is 23.3 Å². The molecular formula is C22H26F2N4O3S. The maximum Gasteiger partial charge on any atom is 0.330 e. The molecular weight excluding hydrogens is 438 g/mol. The topological polar surface area (TPSA) is 90.0 Å². The van der Waals surface area contributed by atoms with Crippen molar-refractivity contribution in [3.63, 3.8) is 0 Å². The van der Waals surface area contributed by atoms with E-state index in [0.717, 1.165) is 30.0 Å². The van der Waals surface area contributed by atoms with E-state index >= 15 is 0 Å². The first-order chi connectivity index (χ1) is 15.1. The number of hydroxylamine groups is 2. The Kier molecular flexibility index (Phi) is 6.17. The van der Waals surface area contributed by atoms with Crippen molar-refractivity contribution in [2.45, 2.75) is 52.1 Å². The molecule has 0 spiro atoms. The molecule has 2 aromatic rings. The predicted molar refractivity (Wildman–Crippen MR) is 117 cm³/mol. The molecule has 1 aromatic carbocycles. The van der Waals surface area contributed by atoms with Crippen molar-refractivity contribution in [1.82, 2.24) is 10.0 Å². The van der Waals surface area contributed by atoms with Crippen LogP contribution in [0.2, 0.25) is 0 Å². The maximum absolute atomic E-state index is 14.2. The summed E-state index contributed by atoms with van der Waals surface area (Å²) in [4.78, 5) is 27.6. The highest BCUT2D eigenvalue weighted by Crippen LogP contribution is 2.36. The van der Waals surface area contributed by atoms with E-state index in [-0.39, 0.29) is 29.6 Å². The van der Waals surface area contributed by atoms with E-state index in [1.165, 1.54) is 11.3 Å². The lowest BCUT2D eigenvalue weighted by atomic mass is 9.97. The fourth-order valence-corrected chi connectivity index (χ4v) is 4.65. The molecule has 10 heteroatoms. The van der Waals surface area contributed by atoms with Crippen LogP contribution in [-0.2, 0) is 14.5 Å². The van der Waals surface area contributed by atoms with Gasteiger partial charge >= 0.3 is 5.97 Å². The number of hydrogen-bond donors (Lipinski definition) is 1. The molecule has 2 N–H and O–H groups in total. The van der Waals surface area contributed by atoms with Crippen molar-refractivity contribution >= 4 is 28.7 Å². The number of halogens is 2. The van der Waals surface area contributed by atoms with Gasteiger partial charge in [-0.25, -0.2) is 18.6 Å². The SMILES string of the molecule is CC(C)(C)C(=O)ON1CCC(c2nc(C3=NOC(c4c(F)cc(N)cc4F)C3)cs2)CC1. The second kappa shape index (κ2) is 8.74. The number of oxime groups is 1. The van der Waals surface area contributed by atoms with Crippen LogP contribution in [0.15, 0.2) is 22.7 Å². The lowest BCUT2D eigenvalue weighted by Gasteiger charge is -2.31. The van der Waals surface area contributed by atoms with Crippen LogP contribution in [0.25, 0.3) is 0 Å². The van der Waals surface area contributed by atoms with Gasteiger partial charge in [-0.15, -0.1) is 16.4 Å². The number of nitrogens with zero attached hydrogens (tertiary/aromatic N) is 3. The number of carbonyl (C=O) groups excluding carboxylic acids is 1. The third-order valence-corrected chi connectivity index (χ3v) is 6.54. The summed E-state index contributed by atoms with van der Waals surface area (Å²) < 4.78 is 28.4. The highest BCUT2D eigenvalue weighted by Gasteiger charge is 2.32. The number of hydrogen-bond acceptors (Lipinski definition) is 8. The molecule has 172 valence electrons. The molecule has 4 rings (SSSR count). The first kappa shape index (κ1) is 22.6. The Morgan fingerprint density at radius 2 is 1.91 bits per heavy atom. The summed E-state index contributed by atoms with van der Waals surface area (Å²) in [6, 6.07) is 2.15. The molecule has 7 nitrogen and oxygen atoms in total. The van der Waals surface area contributed by atoms with Crippen LogP contribution in [0, 0.1) is 17.0 Å². The van der Waals surface area contributed by atoms with Gasteiger partial charge in [0.15, 0.2) is 6.10 Å². The average Bonchev–Trinajstić information content (AvgIpc) is 3.37. The van der Waals surface area contributed by atoms with E-state index in [2.05, 4.69) is 5.16 Å². The molecule has 1 atom stereocenters. The fourth-order valence-electron chi connectivity index (χ4n) is 3.65. The van der Waals surface area contributed by atoms with Gasteiger partial charge < -0.3 is 15.4 Å². The molecule has 0 aliphatic carbocycles. The summed E-state index contributed by atoms with van der Waals surface area (Å²) >= 11 is 1.53. The number of benzene rings is 1. The molecule has 1 fully saturated rings. The second-order valence-electron chi connectivity index (χ2n) is 9.14. The molecule has 3 heterocycles. The molecule has 1 unspecified atom stereocenters. The smallest absolute Gasteiger partial charge is 0.330 e. The van der Waals surface area contributed by atoms with Crippen LogP contribution >= 0.6 is 11.3 Å². The first-order valence-electron chi connectivity index (χ1n) is 10.5. The quantitative estimate of drug-likeness (QED) is 0.668. The maximum atomic E-state index is 14.2. The lowest BCUT2D eigenvalue weighted by Crippen LogP contribution is -2.38. The van der Waals surface area contributed by atoms with E-state index < -0.39 is 23.2 Å². The summed E-state index contributed by atoms with van der Waals surface area (Å²) in [5.41, 5.74) is 6.01. The van der Waals surface area contributed by atoms with Gasteiger partial charge in [-0.1, -0.05) is 5.16 Å². The number of nitrogen functional groups attached to an aromatic ring is 1. The normalized spacial score (nSPS) is 20.2. The minimum atomic E-state index is -0.850. The number of piperidine rings is 1. The number of carbonyl (C=O) groups is 1. The Balaban J connectivity index is 1.36. The van der Waals surface area contributed by atoms with Crippen molar-refractivity contribution in [1.29, 1.82) is 0 Å². The fraction of sp³-hybridized carbons (Fsp3) is 0.500. The van der Waals surface area contributed by atoms with Crippen molar-refractivity contribution in [3.8, 4) is 0 Å². The Bertz CT molecular complexity index is 1020. The summed E-state index contributed by atoms with van der Waals surface area (Å²) in [7, 11) is 0. The summed E-state index contributed by atoms with van der Waals surface area (Å²) in [6.07, 6.45) is 1.01.